The van der Waals surface area contributed by atoms with Crippen LogP contribution in [0.5, 0.6) is 5.75 Å². The molecule has 2 N–H and O–H groups in total. The fourth-order valence-corrected chi connectivity index (χ4v) is 5.47. The topological polar surface area (TPSA) is 74.8 Å². The number of hydrogen-bond donors (Lipinski definition) is 2. The molecule has 1 atom stereocenters. The maximum atomic E-state index is 11.8. The Kier molecular flexibility index (Phi) is 5.20. The van der Waals surface area contributed by atoms with Crippen LogP contribution in [-0.2, 0) is 11.3 Å². The average molecular weight is 421 g/mol. The lowest BCUT2D eigenvalue weighted by molar-refractivity contribution is 0.0189. The first-order valence-electron chi connectivity index (χ1n) is 10.9. The largest absolute Gasteiger partial charge is 0.496 e. The Morgan fingerprint density at radius 2 is 2.03 bits per heavy atom. The molecule has 0 saturated carbocycles. The third-order valence-corrected chi connectivity index (χ3v) is 7.07. The molecule has 0 bridgehead atoms. The Morgan fingerprint density at radius 3 is 2.74 bits per heavy atom. The molecule has 6 nitrogen and oxygen atoms in total. The van der Waals surface area contributed by atoms with E-state index in [0.29, 0.717) is 23.9 Å². The number of methoxy groups -OCH3 is 1. The Morgan fingerprint density at radius 1 is 1.26 bits per heavy atom. The summed E-state index contributed by atoms with van der Waals surface area (Å²) in [6.07, 6.45) is 5.09. The zero-order valence-electron chi connectivity index (χ0n) is 17.8. The number of carboxylic acids is 1. The summed E-state index contributed by atoms with van der Waals surface area (Å²) in [6, 6.07) is 14.6. The molecule has 2 saturated heterocycles. The first-order valence-corrected chi connectivity index (χ1v) is 10.9. The van der Waals surface area contributed by atoms with Crippen LogP contribution in [-0.4, -0.2) is 47.8 Å². The SMILES string of the molecule is COc1cc(C(=O)O)c2[nH]ccc2c1CN1CC2(CCOCC2)CC1c1ccccc1. The monoisotopic (exact) mass is 420 g/mol. The number of carboxylic acid groups (broad SMARTS) is 1. The number of nitrogens with zero attached hydrogens (tertiary/aromatic N) is 1. The number of hydrogen-bond acceptors (Lipinski definition) is 4. The average Bonchev–Trinajstić information content (AvgIpc) is 3.40. The van der Waals surface area contributed by atoms with Crippen molar-refractivity contribution in [3.8, 4) is 5.75 Å². The van der Waals surface area contributed by atoms with Gasteiger partial charge in [-0.1, -0.05) is 30.3 Å². The van der Waals surface area contributed by atoms with E-state index in [1.54, 1.807) is 19.4 Å². The first kappa shape index (κ1) is 20.1. The Bertz CT molecular complexity index is 1090. The third kappa shape index (κ3) is 3.60. The molecule has 6 heteroatoms. The van der Waals surface area contributed by atoms with E-state index in [-0.39, 0.29) is 11.0 Å². The van der Waals surface area contributed by atoms with Crippen LogP contribution >= 0.6 is 0 Å². The van der Waals surface area contributed by atoms with Crippen LogP contribution in [0, 0.1) is 5.41 Å². The highest BCUT2D eigenvalue weighted by molar-refractivity contribution is 6.04. The van der Waals surface area contributed by atoms with Gasteiger partial charge in [-0.3, -0.25) is 4.90 Å². The lowest BCUT2D eigenvalue weighted by Crippen LogP contribution is -2.33. The highest BCUT2D eigenvalue weighted by Crippen LogP contribution is 2.50. The minimum atomic E-state index is -0.957. The number of fused-ring (bicyclic) bond motifs is 1. The van der Waals surface area contributed by atoms with Gasteiger partial charge in [0.2, 0.25) is 0 Å². The standard InChI is InChI=1S/C25H28N2O4/c1-30-22-13-19(24(28)29)23-18(7-10-26-23)20(22)15-27-16-25(8-11-31-12-9-25)14-21(27)17-5-3-2-4-6-17/h2-7,10,13,21,26H,8-9,11-12,14-16H2,1H3,(H,28,29). The minimum Gasteiger partial charge on any atom is -0.496 e. The van der Waals surface area contributed by atoms with Crippen LogP contribution in [0.3, 0.4) is 0 Å². The quantitative estimate of drug-likeness (QED) is 0.630. The van der Waals surface area contributed by atoms with Crippen molar-refractivity contribution < 1.29 is 19.4 Å². The third-order valence-electron chi connectivity index (χ3n) is 7.07. The number of H-pyrrole nitrogens is 1. The van der Waals surface area contributed by atoms with Gasteiger partial charge < -0.3 is 19.6 Å². The molecule has 2 fully saturated rings. The van der Waals surface area contributed by atoms with Gasteiger partial charge in [-0.2, -0.15) is 0 Å². The summed E-state index contributed by atoms with van der Waals surface area (Å²) in [5.41, 5.74) is 3.53. The van der Waals surface area contributed by atoms with Gasteiger partial charge >= 0.3 is 5.97 Å². The lowest BCUT2D eigenvalue weighted by Gasteiger charge is -2.33. The number of likely N-dealkylation sites (tertiary alicyclic amines) is 1. The highest BCUT2D eigenvalue weighted by atomic mass is 16.5. The van der Waals surface area contributed by atoms with Crippen molar-refractivity contribution in [2.75, 3.05) is 26.9 Å². The van der Waals surface area contributed by atoms with Gasteiger partial charge in [0.15, 0.2) is 0 Å². The number of rotatable bonds is 5. The van der Waals surface area contributed by atoms with Crippen LogP contribution in [0.2, 0.25) is 0 Å². The number of benzene rings is 2. The second kappa shape index (κ2) is 8.02. The molecule has 0 radical (unpaired) electrons. The van der Waals surface area contributed by atoms with Gasteiger partial charge in [-0.05, 0) is 42.4 Å². The summed E-state index contributed by atoms with van der Waals surface area (Å²) in [4.78, 5) is 17.4. The summed E-state index contributed by atoms with van der Waals surface area (Å²) < 4.78 is 11.3. The smallest absolute Gasteiger partial charge is 0.337 e. The molecule has 2 aromatic carbocycles. The van der Waals surface area contributed by atoms with Gasteiger partial charge in [0, 0.05) is 49.5 Å². The minimum absolute atomic E-state index is 0.238. The number of aromatic carboxylic acids is 1. The van der Waals surface area contributed by atoms with Crippen molar-refractivity contribution >= 4 is 16.9 Å². The molecule has 5 rings (SSSR count). The molecule has 2 aliphatic heterocycles. The van der Waals surface area contributed by atoms with Crippen LogP contribution in [0.15, 0.2) is 48.7 Å². The van der Waals surface area contributed by atoms with Gasteiger partial charge in [-0.15, -0.1) is 0 Å². The summed E-state index contributed by atoms with van der Waals surface area (Å²) in [7, 11) is 1.61. The van der Waals surface area contributed by atoms with Crippen LogP contribution in [0.25, 0.3) is 10.9 Å². The van der Waals surface area contributed by atoms with E-state index in [1.165, 1.54) is 5.56 Å². The predicted octanol–water partition coefficient (Wildman–Crippen LogP) is 4.62. The summed E-state index contributed by atoms with van der Waals surface area (Å²) >= 11 is 0. The van der Waals surface area contributed by atoms with Crippen molar-refractivity contribution in [2.24, 2.45) is 5.41 Å². The van der Waals surface area contributed by atoms with E-state index in [4.69, 9.17) is 9.47 Å². The lowest BCUT2D eigenvalue weighted by atomic mass is 9.77. The zero-order chi connectivity index (χ0) is 21.4. The fourth-order valence-electron chi connectivity index (χ4n) is 5.47. The predicted molar refractivity (Wildman–Crippen MR) is 119 cm³/mol. The number of aromatic nitrogens is 1. The molecule has 1 unspecified atom stereocenters. The molecule has 0 amide bonds. The zero-order valence-corrected chi connectivity index (χ0v) is 17.8. The van der Waals surface area contributed by atoms with Crippen molar-refractivity contribution in [3.63, 3.8) is 0 Å². The first-order chi connectivity index (χ1) is 15.1. The Labute approximate surface area is 181 Å². The van der Waals surface area contributed by atoms with E-state index < -0.39 is 5.97 Å². The molecule has 2 aliphatic rings. The highest BCUT2D eigenvalue weighted by Gasteiger charge is 2.45. The molecule has 31 heavy (non-hydrogen) atoms. The second-order valence-corrected chi connectivity index (χ2v) is 8.82. The molecule has 1 spiro atoms. The van der Waals surface area contributed by atoms with Crippen LogP contribution in [0.4, 0.5) is 0 Å². The van der Waals surface area contributed by atoms with E-state index in [0.717, 1.165) is 50.0 Å². The van der Waals surface area contributed by atoms with Crippen LogP contribution < -0.4 is 4.74 Å². The van der Waals surface area contributed by atoms with Crippen molar-refractivity contribution in [1.82, 2.24) is 9.88 Å². The Hall–Kier alpha value is -2.83. The van der Waals surface area contributed by atoms with Gasteiger partial charge in [0.25, 0.3) is 0 Å². The van der Waals surface area contributed by atoms with Crippen molar-refractivity contribution in [2.45, 2.75) is 31.8 Å². The molecule has 162 valence electrons. The van der Waals surface area contributed by atoms with Crippen LogP contribution in [0.1, 0.15) is 46.8 Å². The maximum absolute atomic E-state index is 11.8. The van der Waals surface area contributed by atoms with Gasteiger partial charge in [-0.25, -0.2) is 4.79 Å². The fraction of sp³-hybridized carbons (Fsp3) is 0.400. The summed E-state index contributed by atoms with van der Waals surface area (Å²) in [6.45, 7) is 3.37. The maximum Gasteiger partial charge on any atom is 0.337 e. The van der Waals surface area contributed by atoms with Crippen molar-refractivity contribution in [3.05, 3.63) is 65.4 Å². The molecule has 0 aliphatic carbocycles. The van der Waals surface area contributed by atoms with E-state index in [2.05, 4.69) is 40.2 Å². The van der Waals surface area contributed by atoms with Gasteiger partial charge in [0.05, 0.1) is 18.2 Å². The van der Waals surface area contributed by atoms with E-state index >= 15 is 0 Å². The second-order valence-electron chi connectivity index (χ2n) is 8.82. The van der Waals surface area contributed by atoms with Crippen molar-refractivity contribution in [1.29, 1.82) is 0 Å². The van der Waals surface area contributed by atoms with E-state index in [9.17, 15) is 9.90 Å². The molecular weight excluding hydrogens is 392 g/mol. The molecular formula is C25H28N2O4. The summed E-state index contributed by atoms with van der Waals surface area (Å²) in [5, 5.41) is 10.6. The number of aromatic amines is 1. The molecule has 3 aromatic rings. The normalized spacial score (nSPS) is 21.0. The number of nitrogens with one attached hydrogen (secondary N) is 1. The Balaban J connectivity index is 1.56. The summed E-state index contributed by atoms with van der Waals surface area (Å²) in [5.74, 6) is -0.328. The van der Waals surface area contributed by atoms with E-state index in [1.807, 2.05) is 6.07 Å². The molecule has 3 heterocycles. The van der Waals surface area contributed by atoms with Gasteiger partial charge in [0.1, 0.15) is 5.75 Å². The number of carbonyl (C=O) groups is 1. The number of ether oxygens (including phenoxy) is 2. The molecule has 1 aromatic heterocycles.